The Labute approximate surface area is 105 Å². The molecule has 1 heterocycles. The Bertz CT molecular complexity index is 233. The van der Waals surface area contributed by atoms with Crippen LogP contribution >= 0.6 is 0 Å². The molecule has 0 aromatic heterocycles. The highest BCUT2D eigenvalue weighted by Crippen LogP contribution is 2.18. The second kappa shape index (κ2) is 7.67. The van der Waals surface area contributed by atoms with Crippen LogP contribution in [-0.4, -0.2) is 49.7 Å². The lowest BCUT2D eigenvalue weighted by molar-refractivity contribution is -0.149. The molecule has 0 aliphatic carbocycles. The molecule has 4 nitrogen and oxygen atoms in total. The summed E-state index contributed by atoms with van der Waals surface area (Å²) in [5, 5.41) is 3.39. The Morgan fingerprint density at radius 2 is 2.29 bits per heavy atom. The molecule has 1 aliphatic rings. The van der Waals surface area contributed by atoms with Crippen LogP contribution in [0.15, 0.2) is 0 Å². The minimum atomic E-state index is -0.0978. The Balaban J connectivity index is 2.39. The molecular weight excluding hydrogens is 216 g/mol. The van der Waals surface area contributed by atoms with Crippen molar-refractivity contribution in [1.29, 1.82) is 0 Å². The van der Waals surface area contributed by atoms with E-state index >= 15 is 0 Å². The first-order valence-corrected chi connectivity index (χ1v) is 6.80. The third-order valence-electron chi connectivity index (χ3n) is 3.41. The number of carbonyl (C=O) groups is 1. The molecule has 1 aliphatic heterocycles. The number of ether oxygens (including phenoxy) is 1. The first kappa shape index (κ1) is 14.5. The summed E-state index contributed by atoms with van der Waals surface area (Å²) in [6.07, 6.45) is 2.44. The smallest absolute Gasteiger partial charge is 0.323 e. The van der Waals surface area contributed by atoms with E-state index in [0.29, 0.717) is 12.5 Å². The van der Waals surface area contributed by atoms with E-state index < -0.39 is 0 Å². The Kier molecular flexibility index (Phi) is 6.52. The van der Waals surface area contributed by atoms with Gasteiger partial charge < -0.3 is 10.1 Å². The number of nitrogens with zero attached hydrogens (tertiary/aromatic N) is 1. The van der Waals surface area contributed by atoms with Gasteiger partial charge in [-0.2, -0.15) is 0 Å². The van der Waals surface area contributed by atoms with Crippen LogP contribution in [0.2, 0.25) is 0 Å². The van der Waals surface area contributed by atoms with Gasteiger partial charge in [0.15, 0.2) is 0 Å². The number of nitrogens with one attached hydrogen (secondary N) is 1. The van der Waals surface area contributed by atoms with E-state index in [2.05, 4.69) is 17.1 Å². The van der Waals surface area contributed by atoms with E-state index in [1.165, 1.54) is 12.8 Å². The van der Waals surface area contributed by atoms with E-state index in [-0.39, 0.29) is 12.0 Å². The van der Waals surface area contributed by atoms with Crippen molar-refractivity contribution in [3.05, 3.63) is 0 Å². The topological polar surface area (TPSA) is 41.6 Å². The first-order valence-electron chi connectivity index (χ1n) is 6.80. The average Bonchev–Trinajstić information content (AvgIpc) is 2.36. The second-order valence-corrected chi connectivity index (χ2v) is 4.74. The number of carbonyl (C=O) groups excluding carboxylic acids is 1. The molecule has 0 aromatic carbocycles. The summed E-state index contributed by atoms with van der Waals surface area (Å²) in [6, 6.07) is -0.0978. The summed E-state index contributed by atoms with van der Waals surface area (Å²) in [6.45, 7) is 10.5. The standard InChI is InChI=1S/C13H26N2O2/c1-4-14-9-12-7-6-8-15(10-12)11(3)13(16)17-5-2/h11-12,14H,4-10H2,1-3H3. The van der Waals surface area contributed by atoms with Crippen LogP contribution < -0.4 is 5.32 Å². The molecule has 0 amide bonds. The van der Waals surface area contributed by atoms with E-state index in [1.54, 1.807) is 0 Å². The Morgan fingerprint density at radius 3 is 2.94 bits per heavy atom. The van der Waals surface area contributed by atoms with Crippen molar-refractivity contribution in [3.8, 4) is 0 Å². The summed E-state index contributed by atoms with van der Waals surface area (Å²) in [4.78, 5) is 13.9. The molecule has 0 radical (unpaired) electrons. The summed E-state index contributed by atoms with van der Waals surface area (Å²) in [7, 11) is 0. The molecule has 1 fully saturated rings. The maximum Gasteiger partial charge on any atom is 0.323 e. The van der Waals surface area contributed by atoms with Crippen LogP contribution in [0, 0.1) is 5.92 Å². The molecule has 4 heteroatoms. The molecule has 2 unspecified atom stereocenters. The molecule has 0 bridgehead atoms. The molecule has 1 N–H and O–H groups in total. The van der Waals surface area contributed by atoms with Crippen molar-refractivity contribution in [1.82, 2.24) is 10.2 Å². The van der Waals surface area contributed by atoms with Gasteiger partial charge >= 0.3 is 5.97 Å². The van der Waals surface area contributed by atoms with Gasteiger partial charge in [-0.05, 0) is 52.2 Å². The minimum Gasteiger partial charge on any atom is -0.465 e. The van der Waals surface area contributed by atoms with Crippen LogP contribution in [0.25, 0.3) is 0 Å². The average molecular weight is 242 g/mol. The maximum atomic E-state index is 11.7. The van der Waals surface area contributed by atoms with Gasteiger partial charge in [-0.1, -0.05) is 6.92 Å². The molecule has 17 heavy (non-hydrogen) atoms. The van der Waals surface area contributed by atoms with Crippen LogP contribution in [0.3, 0.4) is 0 Å². The summed E-state index contributed by atoms with van der Waals surface area (Å²) < 4.78 is 5.08. The summed E-state index contributed by atoms with van der Waals surface area (Å²) >= 11 is 0. The summed E-state index contributed by atoms with van der Waals surface area (Å²) in [5.41, 5.74) is 0. The SMILES string of the molecule is CCNCC1CCCN(C(C)C(=O)OCC)C1. The van der Waals surface area contributed by atoms with Crippen LogP contribution in [-0.2, 0) is 9.53 Å². The maximum absolute atomic E-state index is 11.7. The fourth-order valence-corrected chi connectivity index (χ4v) is 2.38. The largest absolute Gasteiger partial charge is 0.465 e. The number of hydrogen-bond acceptors (Lipinski definition) is 4. The van der Waals surface area contributed by atoms with Crippen LogP contribution in [0.5, 0.6) is 0 Å². The van der Waals surface area contributed by atoms with Gasteiger partial charge in [-0.25, -0.2) is 0 Å². The normalized spacial score (nSPS) is 23.4. The molecular formula is C13H26N2O2. The number of hydrogen-bond donors (Lipinski definition) is 1. The highest BCUT2D eigenvalue weighted by molar-refractivity contribution is 5.75. The third-order valence-corrected chi connectivity index (χ3v) is 3.41. The van der Waals surface area contributed by atoms with Crippen molar-refractivity contribution < 1.29 is 9.53 Å². The fourth-order valence-electron chi connectivity index (χ4n) is 2.38. The van der Waals surface area contributed by atoms with E-state index in [0.717, 1.165) is 26.2 Å². The van der Waals surface area contributed by atoms with E-state index in [4.69, 9.17) is 4.74 Å². The lowest BCUT2D eigenvalue weighted by Crippen LogP contribution is -2.47. The Hall–Kier alpha value is -0.610. The number of esters is 1. The summed E-state index contributed by atoms with van der Waals surface area (Å²) in [5.74, 6) is 0.581. The third kappa shape index (κ3) is 4.64. The Morgan fingerprint density at radius 1 is 1.53 bits per heavy atom. The molecule has 0 spiro atoms. The predicted octanol–water partition coefficient (Wildman–Crippen LogP) is 1.26. The quantitative estimate of drug-likeness (QED) is 0.712. The van der Waals surface area contributed by atoms with Gasteiger partial charge in [0.25, 0.3) is 0 Å². The zero-order chi connectivity index (χ0) is 12.7. The minimum absolute atomic E-state index is 0.0865. The fraction of sp³-hybridized carbons (Fsp3) is 0.923. The molecule has 100 valence electrons. The van der Waals surface area contributed by atoms with E-state index in [9.17, 15) is 4.79 Å². The van der Waals surface area contributed by atoms with Gasteiger partial charge in [0.05, 0.1) is 6.61 Å². The van der Waals surface area contributed by atoms with Crippen LogP contribution in [0.1, 0.15) is 33.6 Å². The van der Waals surface area contributed by atoms with Gasteiger partial charge in [-0.15, -0.1) is 0 Å². The van der Waals surface area contributed by atoms with Crippen molar-refractivity contribution >= 4 is 5.97 Å². The molecule has 2 atom stereocenters. The highest BCUT2D eigenvalue weighted by Gasteiger charge is 2.27. The van der Waals surface area contributed by atoms with Crippen LogP contribution in [0.4, 0.5) is 0 Å². The zero-order valence-electron chi connectivity index (χ0n) is 11.4. The number of piperidine rings is 1. The zero-order valence-corrected chi connectivity index (χ0v) is 11.4. The monoisotopic (exact) mass is 242 g/mol. The van der Waals surface area contributed by atoms with Crippen molar-refractivity contribution in [2.75, 3.05) is 32.8 Å². The van der Waals surface area contributed by atoms with Crippen molar-refractivity contribution in [2.45, 2.75) is 39.7 Å². The number of rotatable bonds is 6. The second-order valence-electron chi connectivity index (χ2n) is 4.74. The first-order chi connectivity index (χ1) is 8.19. The van der Waals surface area contributed by atoms with Crippen molar-refractivity contribution in [3.63, 3.8) is 0 Å². The van der Waals surface area contributed by atoms with Gasteiger partial charge in [0, 0.05) is 6.54 Å². The van der Waals surface area contributed by atoms with Gasteiger partial charge in [0.1, 0.15) is 6.04 Å². The molecule has 1 rings (SSSR count). The molecule has 0 saturated carbocycles. The predicted molar refractivity (Wildman–Crippen MR) is 68.9 cm³/mol. The lowest BCUT2D eigenvalue weighted by Gasteiger charge is -2.35. The number of likely N-dealkylation sites (tertiary alicyclic amines) is 1. The lowest BCUT2D eigenvalue weighted by atomic mass is 9.97. The highest BCUT2D eigenvalue weighted by atomic mass is 16.5. The molecule has 1 saturated heterocycles. The van der Waals surface area contributed by atoms with Gasteiger partial charge in [0.2, 0.25) is 0 Å². The van der Waals surface area contributed by atoms with Crippen molar-refractivity contribution in [2.24, 2.45) is 5.92 Å². The van der Waals surface area contributed by atoms with E-state index in [1.807, 2.05) is 13.8 Å². The van der Waals surface area contributed by atoms with Gasteiger partial charge in [-0.3, -0.25) is 9.69 Å². The molecule has 0 aromatic rings.